The molecule has 0 saturated carbocycles. The number of aromatic amines is 1. The predicted octanol–water partition coefficient (Wildman–Crippen LogP) is 0.904. The molecule has 20 heavy (non-hydrogen) atoms. The molecule has 0 aliphatic carbocycles. The molecule has 8 heteroatoms. The Hall–Kier alpha value is -2.22. The van der Waals surface area contributed by atoms with Gasteiger partial charge in [-0.25, -0.2) is 9.89 Å². The summed E-state index contributed by atoms with van der Waals surface area (Å²) in [7, 11) is 0. The van der Waals surface area contributed by atoms with Crippen molar-refractivity contribution in [1.29, 1.82) is 0 Å². The van der Waals surface area contributed by atoms with E-state index in [-0.39, 0.29) is 17.3 Å². The summed E-state index contributed by atoms with van der Waals surface area (Å²) in [6.07, 6.45) is 0. The van der Waals surface area contributed by atoms with Crippen molar-refractivity contribution in [3.63, 3.8) is 0 Å². The molecule has 106 valence electrons. The molecular formula is C12H15N5O2S. The van der Waals surface area contributed by atoms with E-state index in [2.05, 4.69) is 15.5 Å². The van der Waals surface area contributed by atoms with Crippen LogP contribution in [0.2, 0.25) is 0 Å². The third kappa shape index (κ3) is 3.41. The molecule has 0 saturated heterocycles. The predicted molar refractivity (Wildman–Crippen MR) is 78.7 cm³/mol. The van der Waals surface area contributed by atoms with Crippen LogP contribution in [0.1, 0.15) is 6.92 Å². The van der Waals surface area contributed by atoms with Gasteiger partial charge in [-0.1, -0.05) is 17.8 Å². The monoisotopic (exact) mass is 293 g/mol. The van der Waals surface area contributed by atoms with Gasteiger partial charge in [-0.05, 0) is 25.1 Å². The van der Waals surface area contributed by atoms with Crippen molar-refractivity contribution in [3.8, 4) is 0 Å². The van der Waals surface area contributed by atoms with E-state index in [1.54, 1.807) is 24.3 Å². The molecule has 1 amide bonds. The average molecular weight is 293 g/mol. The maximum atomic E-state index is 11.8. The Kier molecular flexibility index (Phi) is 4.46. The molecule has 0 fully saturated rings. The first kappa shape index (κ1) is 14.2. The third-order valence-corrected chi connectivity index (χ3v) is 3.52. The number of rotatable bonds is 5. The fourth-order valence-corrected chi connectivity index (χ4v) is 2.45. The minimum Gasteiger partial charge on any atom is -0.399 e. The number of amides is 1. The lowest BCUT2D eigenvalue weighted by molar-refractivity contribution is -0.113. The van der Waals surface area contributed by atoms with Gasteiger partial charge in [0.25, 0.3) is 0 Å². The molecule has 2 rings (SSSR count). The first-order chi connectivity index (χ1) is 9.60. The number of nitrogens with two attached hydrogens (primary N) is 1. The highest BCUT2D eigenvalue weighted by Gasteiger charge is 2.10. The molecule has 0 aliphatic heterocycles. The van der Waals surface area contributed by atoms with Gasteiger partial charge < -0.3 is 11.1 Å². The molecule has 0 atom stereocenters. The summed E-state index contributed by atoms with van der Waals surface area (Å²) < 4.78 is 1.47. The minimum absolute atomic E-state index is 0.166. The lowest BCUT2D eigenvalue weighted by Gasteiger charge is -2.05. The lowest BCUT2D eigenvalue weighted by Crippen LogP contribution is -2.17. The van der Waals surface area contributed by atoms with Gasteiger partial charge in [0.05, 0.1) is 5.75 Å². The fourth-order valence-electron chi connectivity index (χ4n) is 1.64. The van der Waals surface area contributed by atoms with Crippen LogP contribution in [-0.2, 0) is 11.3 Å². The number of nitrogen functional groups attached to an aromatic ring is 1. The number of H-pyrrole nitrogens is 1. The van der Waals surface area contributed by atoms with Gasteiger partial charge >= 0.3 is 5.69 Å². The number of carbonyl (C=O) groups excluding carboxylic acids is 1. The van der Waals surface area contributed by atoms with Crippen molar-refractivity contribution in [2.24, 2.45) is 0 Å². The minimum atomic E-state index is -0.272. The summed E-state index contributed by atoms with van der Waals surface area (Å²) in [4.78, 5) is 23.2. The van der Waals surface area contributed by atoms with Gasteiger partial charge in [0.1, 0.15) is 0 Å². The SMILES string of the molecule is CCn1c(SCC(=O)Nc2cccc(N)c2)n[nH]c1=O. The molecule has 0 radical (unpaired) electrons. The zero-order valence-corrected chi connectivity index (χ0v) is 11.7. The van der Waals surface area contributed by atoms with E-state index in [1.165, 1.54) is 16.3 Å². The van der Waals surface area contributed by atoms with Gasteiger partial charge in [0.15, 0.2) is 5.16 Å². The van der Waals surface area contributed by atoms with E-state index in [9.17, 15) is 9.59 Å². The van der Waals surface area contributed by atoms with Crippen LogP contribution in [0.4, 0.5) is 11.4 Å². The van der Waals surface area contributed by atoms with Crippen molar-refractivity contribution < 1.29 is 4.79 Å². The van der Waals surface area contributed by atoms with E-state index in [1.807, 2.05) is 6.92 Å². The maximum absolute atomic E-state index is 11.8. The number of hydrogen-bond donors (Lipinski definition) is 3. The standard InChI is InChI=1S/C12H15N5O2S/c1-2-17-11(19)15-16-12(17)20-7-10(18)14-9-5-3-4-8(13)6-9/h3-6H,2,7,13H2,1H3,(H,14,18)(H,15,19). The van der Waals surface area contributed by atoms with Gasteiger partial charge in [-0.3, -0.25) is 9.36 Å². The van der Waals surface area contributed by atoms with Gasteiger partial charge in [0.2, 0.25) is 5.91 Å². The molecule has 0 bridgehead atoms. The molecule has 7 nitrogen and oxygen atoms in total. The molecule has 1 aromatic carbocycles. The Balaban J connectivity index is 1.94. The van der Waals surface area contributed by atoms with Crippen LogP contribution in [0.25, 0.3) is 0 Å². The van der Waals surface area contributed by atoms with E-state index in [0.717, 1.165) is 0 Å². The van der Waals surface area contributed by atoms with Crippen LogP contribution in [0.15, 0.2) is 34.2 Å². The molecular weight excluding hydrogens is 278 g/mol. The second-order valence-corrected chi connectivity index (χ2v) is 4.96. The number of carbonyl (C=O) groups is 1. The topological polar surface area (TPSA) is 106 Å². The first-order valence-corrected chi connectivity index (χ1v) is 7.02. The molecule has 4 N–H and O–H groups in total. The second-order valence-electron chi connectivity index (χ2n) is 4.02. The summed E-state index contributed by atoms with van der Waals surface area (Å²) in [5, 5.41) is 9.46. The fraction of sp³-hybridized carbons (Fsp3) is 0.250. The number of benzene rings is 1. The zero-order valence-electron chi connectivity index (χ0n) is 10.9. The summed E-state index contributed by atoms with van der Waals surface area (Å²) >= 11 is 1.20. The first-order valence-electron chi connectivity index (χ1n) is 6.03. The summed E-state index contributed by atoms with van der Waals surface area (Å²) in [5.41, 5.74) is 6.59. The van der Waals surface area contributed by atoms with Crippen molar-refractivity contribution >= 4 is 29.0 Å². The normalized spacial score (nSPS) is 10.4. The smallest absolute Gasteiger partial charge is 0.343 e. The molecule has 2 aromatic rings. The van der Waals surface area contributed by atoms with E-state index < -0.39 is 0 Å². The van der Waals surface area contributed by atoms with Gasteiger partial charge in [-0.15, -0.1) is 5.10 Å². The zero-order chi connectivity index (χ0) is 14.5. The summed E-state index contributed by atoms with van der Waals surface area (Å²) in [6.45, 7) is 2.35. The Morgan fingerprint density at radius 2 is 2.35 bits per heavy atom. The van der Waals surface area contributed by atoms with Crippen LogP contribution >= 0.6 is 11.8 Å². The molecule has 1 aromatic heterocycles. The number of anilines is 2. The highest BCUT2D eigenvalue weighted by atomic mass is 32.2. The highest BCUT2D eigenvalue weighted by Crippen LogP contribution is 2.15. The highest BCUT2D eigenvalue weighted by molar-refractivity contribution is 7.99. The molecule has 1 heterocycles. The molecule has 0 unspecified atom stereocenters. The Morgan fingerprint density at radius 3 is 3.05 bits per heavy atom. The number of hydrogen-bond acceptors (Lipinski definition) is 5. The van der Waals surface area contributed by atoms with Gasteiger partial charge in [0, 0.05) is 17.9 Å². The largest absolute Gasteiger partial charge is 0.399 e. The summed E-state index contributed by atoms with van der Waals surface area (Å²) in [5.74, 6) is -0.0160. The van der Waals surface area contributed by atoms with Crippen LogP contribution < -0.4 is 16.7 Å². The van der Waals surface area contributed by atoms with Crippen molar-refractivity contribution in [3.05, 3.63) is 34.7 Å². The number of nitrogens with one attached hydrogen (secondary N) is 2. The van der Waals surface area contributed by atoms with Crippen molar-refractivity contribution in [1.82, 2.24) is 14.8 Å². The van der Waals surface area contributed by atoms with Crippen LogP contribution in [0, 0.1) is 0 Å². The van der Waals surface area contributed by atoms with Crippen molar-refractivity contribution in [2.75, 3.05) is 16.8 Å². The third-order valence-electron chi connectivity index (χ3n) is 2.54. The van der Waals surface area contributed by atoms with Crippen LogP contribution in [-0.4, -0.2) is 26.4 Å². The second kappa shape index (κ2) is 6.29. The Morgan fingerprint density at radius 1 is 1.55 bits per heavy atom. The summed E-state index contributed by atoms with van der Waals surface area (Å²) in [6, 6.07) is 6.95. The van der Waals surface area contributed by atoms with E-state index >= 15 is 0 Å². The van der Waals surface area contributed by atoms with E-state index in [4.69, 9.17) is 5.73 Å². The van der Waals surface area contributed by atoms with Crippen LogP contribution in [0.5, 0.6) is 0 Å². The van der Waals surface area contributed by atoms with E-state index in [0.29, 0.717) is 23.1 Å². The molecule has 0 spiro atoms. The number of aromatic nitrogens is 3. The van der Waals surface area contributed by atoms with Crippen LogP contribution in [0.3, 0.4) is 0 Å². The quantitative estimate of drug-likeness (QED) is 0.561. The average Bonchev–Trinajstić information content (AvgIpc) is 2.77. The Bertz CT molecular complexity index is 664. The maximum Gasteiger partial charge on any atom is 0.343 e. The van der Waals surface area contributed by atoms with Gasteiger partial charge in [-0.2, -0.15) is 0 Å². The Labute approximate surface area is 119 Å². The number of thioether (sulfide) groups is 1. The number of nitrogens with zero attached hydrogens (tertiary/aromatic N) is 2. The molecule has 0 aliphatic rings. The lowest BCUT2D eigenvalue weighted by atomic mass is 10.3. The van der Waals surface area contributed by atoms with Crippen molar-refractivity contribution in [2.45, 2.75) is 18.6 Å².